The van der Waals surface area contributed by atoms with Crippen LogP contribution in [0.1, 0.15) is 9.67 Å². The molecule has 0 bridgehead atoms. The third-order valence-corrected chi connectivity index (χ3v) is 4.93. The first-order valence-corrected chi connectivity index (χ1v) is 8.17. The van der Waals surface area contributed by atoms with Crippen LogP contribution in [0.3, 0.4) is 0 Å². The molecule has 0 amide bonds. The Hall–Kier alpha value is -1.72. The second-order valence-electron chi connectivity index (χ2n) is 4.70. The van der Waals surface area contributed by atoms with Gasteiger partial charge in [0.1, 0.15) is 6.54 Å². The summed E-state index contributed by atoms with van der Waals surface area (Å²) in [5.41, 5.74) is 2.17. The Kier molecular flexibility index (Phi) is 4.03. The summed E-state index contributed by atoms with van der Waals surface area (Å²) in [6.07, 6.45) is 3.84. The fourth-order valence-corrected chi connectivity index (χ4v) is 3.67. The minimum atomic E-state index is 0.122. The molecule has 0 aliphatic carbocycles. The van der Waals surface area contributed by atoms with Crippen LogP contribution < -0.4 is 4.57 Å². The van der Waals surface area contributed by atoms with Crippen LogP contribution in [-0.2, 0) is 13.1 Å². The van der Waals surface area contributed by atoms with Crippen molar-refractivity contribution in [3.8, 4) is 0 Å². The van der Waals surface area contributed by atoms with E-state index < -0.39 is 0 Å². The van der Waals surface area contributed by atoms with Gasteiger partial charge in [0.2, 0.25) is 12.1 Å². The average Bonchev–Trinajstić information content (AvgIpc) is 3.05. The number of hydrogen-bond acceptors (Lipinski definition) is 2. The van der Waals surface area contributed by atoms with Gasteiger partial charge in [0, 0.05) is 0 Å². The van der Waals surface area contributed by atoms with Gasteiger partial charge in [-0.2, -0.15) is 0 Å². The van der Waals surface area contributed by atoms with Crippen molar-refractivity contribution in [2.24, 2.45) is 0 Å². The molecule has 0 saturated heterocycles. The van der Waals surface area contributed by atoms with Gasteiger partial charge in [-0.3, -0.25) is 4.79 Å². The minimum Gasteiger partial charge on any atom is -0.289 e. The van der Waals surface area contributed by atoms with E-state index >= 15 is 0 Å². The standard InChI is InChI=1S/C16H14BrN2OS/c1-2-9-18-11-19(13-6-4-3-5-12(13)18)10-14(20)15-7-8-16(17)21-15/h2-8,11H,1,9-10H2/q+1. The molecule has 1 aromatic carbocycles. The second kappa shape index (κ2) is 5.95. The molecule has 2 heterocycles. The Bertz CT molecular complexity index is 819. The fraction of sp³-hybridized carbons (Fsp3) is 0.125. The maximum atomic E-state index is 12.4. The number of aromatic nitrogens is 2. The highest BCUT2D eigenvalue weighted by Crippen LogP contribution is 2.22. The van der Waals surface area contributed by atoms with Crippen molar-refractivity contribution in [2.75, 3.05) is 0 Å². The third kappa shape index (κ3) is 2.84. The van der Waals surface area contributed by atoms with Crippen LogP contribution in [0.2, 0.25) is 0 Å². The number of ketones is 1. The molecule has 0 atom stereocenters. The molecule has 0 aliphatic rings. The molecule has 0 unspecified atom stereocenters. The van der Waals surface area contributed by atoms with Crippen molar-refractivity contribution in [1.82, 2.24) is 4.57 Å². The van der Waals surface area contributed by atoms with Crippen LogP contribution in [0.4, 0.5) is 0 Å². The summed E-state index contributed by atoms with van der Waals surface area (Å²) in [6, 6.07) is 11.9. The maximum Gasteiger partial charge on any atom is 0.245 e. The van der Waals surface area contributed by atoms with E-state index in [4.69, 9.17) is 0 Å². The number of carbonyl (C=O) groups excluding carboxylic acids is 1. The number of allylic oxidation sites excluding steroid dienone is 1. The topological polar surface area (TPSA) is 25.9 Å². The summed E-state index contributed by atoms with van der Waals surface area (Å²) in [7, 11) is 0. The number of benzene rings is 1. The first-order valence-electron chi connectivity index (χ1n) is 6.56. The summed E-state index contributed by atoms with van der Waals surface area (Å²) in [6.45, 7) is 4.86. The molecule has 2 aromatic heterocycles. The normalized spacial score (nSPS) is 10.9. The Balaban J connectivity index is 1.97. The van der Waals surface area contributed by atoms with Gasteiger partial charge >= 0.3 is 0 Å². The Morgan fingerprint density at radius 2 is 2.14 bits per heavy atom. The van der Waals surface area contributed by atoms with Crippen LogP contribution in [-0.4, -0.2) is 10.4 Å². The monoisotopic (exact) mass is 361 g/mol. The summed E-state index contributed by atoms with van der Waals surface area (Å²) >= 11 is 4.86. The van der Waals surface area contributed by atoms with Gasteiger partial charge in [-0.25, -0.2) is 9.13 Å². The zero-order valence-electron chi connectivity index (χ0n) is 11.3. The smallest absolute Gasteiger partial charge is 0.245 e. The molecule has 0 saturated carbocycles. The summed E-state index contributed by atoms with van der Waals surface area (Å²) in [5, 5.41) is 0. The molecular formula is C16H14BrN2OS+. The number of imidazole rings is 1. The second-order valence-corrected chi connectivity index (χ2v) is 7.16. The number of hydrogen-bond donors (Lipinski definition) is 0. The molecule has 0 fully saturated rings. The Labute approximate surface area is 135 Å². The molecule has 5 heteroatoms. The van der Waals surface area contributed by atoms with E-state index in [1.54, 1.807) is 0 Å². The van der Waals surface area contributed by atoms with E-state index in [0.29, 0.717) is 6.54 Å². The highest BCUT2D eigenvalue weighted by Gasteiger charge is 2.18. The van der Waals surface area contributed by atoms with Crippen LogP contribution in [0, 0.1) is 0 Å². The van der Waals surface area contributed by atoms with Gasteiger partial charge in [0.15, 0.2) is 17.6 Å². The van der Waals surface area contributed by atoms with Crippen molar-refractivity contribution in [1.29, 1.82) is 0 Å². The molecule has 21 heavy (non-hydrogen) atoms. The zero-order valence-corrected chi connectivity index (χ0v) is 13.7. The molecule has 0 N–H and O–H groups in total. The maximum absolute atomic E-state index is 12.4. The minimum absolute atomic E-state index is 0.122. The summed E-state index contributed by atoms with van der Waals surface area (Å²) < 4.78 is 5.07. The number of carbonyl (C=O) groups is 1. The first-order chi connectivity index (χ1) is 10.2. The van der Waals surface area contributed by atoms with Gasteiger partial charge in [-0.1, -0.05) is 24.8 Å². The van der Waals surface area contributed by atoms with Crippen LogP contribution in [0.5, 0.6) is 0 Å². The number of para-hydroxylation sites is 2. The van der Waals surface area contributed by atoms with Crippen molar-refractivity contribution >= 4 is 44.1 Å². The zero-order chi connectivity index (χ0) is 14.8. The van der Waals surface area contributed by atoms with Crippen molar-refractivity contribution in [3.05, 3.63) is 64.0 Å². The van der Waals surface area contributed by atoms with E-state index in [-0.39, 0.29) is 5.78 Å². The van der Waals surface area contributed by atoms with Crippen molar-refractivity contribution < 1.29 is 9.36 Å². The highest BCUT2D eigenvalue weighted by atomic mass is 79.9. The van der Waals surface area contributed by atoms with E-state index in [1.807, 2.05) is 47.3 Å². The van der Waals surface area contributed by atoms with Crippen LogP contribution in [0.15, 0.2) is 59.2 Å². The van der Waals surface area contributed by atoms with Gasteiger partial charge in [0.25, 0.3) is 0 Å². The van der Waals surface area contributed by atoms with Gasteiger partial charge in [-0.15, -0.1) is 11.3 Å². The predicted octanol–water partition coefficient (Wildman–Crippen LogP) is 3.82. The largest absolute Gasteiger partial charge is 0.289 e. The molecule has 3 nitrogen and oxygen atoms in total. The molecule has 0 radical (unpaired) electrons. The van der Waals surface area contributed by atoms with E-state index in [2.05, 4.69) is 33.1 Å². The molecule has 0 aliphatic heterocycles. The molecular weight excluding hydrogens is 348 g/mol. The number of thiophene rings is 1. The van der Waals surface area contributed by atoms with Gasteiger partial charge in [-0.05, 0) is 40.2 Å². The van der Waals surface area contributed by atoms with E-state index in [1.165, 1.54) is 11.3 Å². The number of Topliss-reactive ketones (excluding diaryl/α,β-unsaturated/α-hetero) is 1. The predicted molar refractivity (Wildman–Crippen MR) is 88.7 cm³/mol. The number of rotatable bonds is 5. The summed E-state index contributed by atoms with van der Waals surface area (Å²) in [4.78, 5) is 13.2. The fourth-order valence-electron chi connectivity index (χ4n) is 2.35. The number of nitrogens with zero attached hydrogens (tertiary/aromatic N) is 2. The van der Waals surface area contributed by atoms with Crippen LogP contribution >= 0.6 is 27.3 Å². The molecule has 0 spiro atoms. The summed E-state index contributed by atoms with van der Waals surface area (Å²) in [5.74, 6) is 0.122. The lowest BCUT2D eigenvalue weighted by atomic mass is 10.3. The molecule has 3 aromatic rings. The SMILES string of the molecule is C=CCn1c[n+](CC(=O)c2ccc(Br)s2)c2ccccc21. The third-order valence-electron chi connectivity index (χ3n) is 3.27. The van der Waals surface area contributed by atoms with E-state index in [0.717, 1.165) is 26.2 Å². The quantitative estimate of drug-likeness (QED) is 0.385. The first kappa shape index (κ1) is 14.2. The highest BCUT2D eigenvalue weighted by molar-refractivity contribution is 9.11. The lowest BCUT2D eigenvalue weighted by molar-refractivity contribution is -0.657. The van der Waals surface area contributed by atoms with Crippen molar-refractivity contribution in [3.63, 3.8) is 0 Å². The number of fused-ring (bicyclic) bond motifs is 1. The van der Waals surface area contributed by atoms with Gasteiger partial charge in [0.05, 0.1) is 8.66 Å². The molecule has 106 valence electrons. The lowest BCUT2D eigenvalue weighted by Gasteiger charge is -1.95. The number of halogens is 1. The lowest BCUT2D eigenvalue weighted by Crippen LogP contribution is -2.36. The van der Waals surface area contributed by atoms with E-state index in [9.17, 15) is 4.79 Å². The van der Waals surface area contributed by atoms with Crippen molar-refractivity contribution in [2.45, 2.75) is 13.1 Å². The Morgan fingerprint density at radius 1 is 1.33 bits per heavy atom. The average molecular weight is 362 g/mol. The van der Waals surface area contributed by atoms with Gasteiger partial charge < -0.3 is 0 Å². The molecule has 3 rings (SSSR count). The Morgan fingerprint density at radius 3 is 2.86 bits per heavy atom. The van der Waals surface area contributed by atoms with Crippen LogP contribution in [0.25, 0.3) is 11.0 Å².